The summed E-state index contributed by atoms with van der Waals surface area (Å²) in [5.41, 5.74) is 3.30. The van der Waals surface area contributed by atoms with Crippen molar-refractivity contribution in [1.29, 1.82) is 0 Å². The van der Waals surface area contributed by atoms with Gasteiger partial charge in [-0.1, -0.05) is 0 Å². The Labute approximate surface area is 111 Å². The molecule has 3 rings (SSSR count). The summed E-state index contributed by atoms with van der Waals surface area (Å²) in [6.07, 6.45) is 6.46. The summed E-state index contributed by atoms with van der Waals surface area (Å²) in [4.78, 5) is 8.43. The smallest absolute Gasteiger partial charge is 0.243 e. The number of pyridine rings is 2. The zero-order valence-electron chi connectivity index (χ0n) is 10.7. The van der Waals surface area contributed by atoms with Crippen molar-refractivity contribution in [2.45, 2.75) is 13.3 Å². The van der Waals surface area contributed by atoms with Crippen molar-refractivity contribution in [3.05, 3.63) is 54.0 Å². The normalized spacial score (nSPS) is 10.8. The van der Waals surface area contributed by atoms with E-state index in [2.05, 4.69) is 20.4 Å². The molecule has 0 fully saturated rings. The SMILES string of the molecule is Cc1ccn2nc(NCCc3ccncc3)nc2c1. The van der Waals surface area contributed by atoms with E-state index in [1.54, 1.807) is 16.9 Å². The first-order valence-corrected chi connectivity index (χ1v) is 6.27. The molecule has 0 spiro atoms. The fourth-order valence-electron chi connectivity index (χ4n) is 1.93. The molecule has 0 amide bonds. The van der Waals surface area contributed by atoms with Crippen LogP contribution in [-0.4, -0.2) is 26.1 Å². The standard InChI is InChI=1S/C14H15N5/c1-11-5-9-19-13(10-11)17-14(18-19)16-8-4-12-2-6-15-7-3-12/h2-3,5-7,9-10H,4,8H2,1H3,(H,16,18). The van der Waals surface area contributed by atoms with Crippen LogP contribution < -0.4 is 5.32 Å². The summed E-state index contributed by atoms with van der Waals surface area (Å²) in [5, 5.41) is 7.61. The summed E-state index contributed by atoms with van der Waals surface area (Å²) in [5.74, 6) is 0.666. The van der Waals surface area contributed by atoms with Gasteiger partial charge < -0.3 is 5.32 Å². The minimum Gasteiger partial charge on any atom is -0.353 e. The Morgan fingerprint density at radius 2 is 2.05 bits per heavy atom. The molecule has 3 aromatic heterocycles. The quantitative estimate of drug-likeness (QED) is 0.773. The number of hydrogen-bond donors (Lipinski definition) is 1. The predicted molar refractivity (Wildman–Crippen MR) is 74.2 cm³/mol. The van der Waals surface area contributed by atoms with Crippen molar-refractivity contribution in [3.8, 4) is 0 Å². The third kappa shape index (κ3) is 2.70. The third-order valence-electron chi connectivity index (χ3n) is 2.94. The Morgan fingerprint density at radius 3 is 2.89 bits per heavy atom. The van der Waals surface area contributed by atoms with E-state index in [0.29, 0.717) is 5.95 Å². The van der Waals surface area contributed by atoms with Gasteiger partial charge in [0.25, 0.3) is 0 Å². The fraction of sp³-hybridized carbons (Fsp3) is 0.214. The van der Waals surface area contributed by atoms with Crippen LogP contribution in [0.2, 0.25) is 0 Å². The van der Waals surface area contributed by atoms with Gasteiger partial charge in [-0.15, -0.1) is 5.10 Å². The van der Waals surface area contributed by atoms with Crippen LogP contribution in [0.15, 0.2) is 42.9 Å². The number of hydrogen-bond acceptors (Lipinski definition) is 4. The van der Waals surface area contributed by atoms with E-state index in [-0.39, 0.29) is 0 Å². The molecule has 5 heteroatoms. The van der Waals surface area contributed by atoms with Gasteiger partial charge >= 0.3 is 0 Å². The molecule has 96 valence electrons. The molecule has 1 N–H and O–H groups in total. The van der Waals surface area contributed by atoms with E-state index < -0.39 is 0 Å². The van der Waals surface area contributed by atoms with Crippen molar-refractivity contribution in [2.24, 2.45) is 0 Å². The topological polar surface area (TPSA) is 55.1 Å². The molecule has 3 aromatic rings. The van der Waals surface area contributed by atoms with Crippen LogP contribution in [0.3, 0.4) is 0 Å². The molecule has 19 heavy (non-hydrogen) atoms. The third-order valence-corrected chi connectivity index (χ3v) is 2.94. The highest BCUT2D eigenvalue weighted by Crippen LogP contribution is 2.07. The van der Waals surface area contributed by atoms with Gasteiger partial charge in [0.2, 0.25) is 5.95 Å². The number of nitrogens with one attached hydrogen (secondary N) is 1. The monoisotopic (exact) mass is 253 g/mol. The predicted octanol–water partition coefficient (Wildman–Crippen LogP) is 2.09. The molecule has 0 bridgehead atoms. The number of fused-ring (bicyclic) bond motifs is 1. The zero-order valence-corrected chi connectivity index (χ0v) is 10.7. The number of rotatable bonds is 4. The largest absolute Gasteiger partial charge is 0.353 e. The summed E-state index contributed by atoms with van der Waals surface area (Å²) in [6.45, 7) is 2.85. The molecule has 5 nitrogen and oxygen atoms in total. The Bertz CT molecular complexity index is 675. The fourth-order valence-corrected chi connectivity index (χ4v) is 1.93. The molecule has 0 aromatic carbocycles. The van der Waals surface area contributed by atoms with Gasteiger partial charge in [0, 0.05) is 25.1 Å². The molecule has 0 saturated carbocycles. The maximum absolute atomic E-state index is 4.43. The van der Waals surface area contributed by atoms with Gasteiger partial charge in [-0.2, -0.15) is 4.98 Å². The molecule has 3 heterocycles. The Balaban J connectivity index is 1.65. The van der Waals surface area contributed by atoms with E-state index in [0.717, 1.165) is 18.6 Å². The van der Waals surface area contributed by atoms with Crippen LogP contribution in [0.1, 0.15) is 11.1 Å². The van der Waals surface area contributed by atoms with Gasteiger partial charge in [0.05, 0.1) is 0 Å². The van der Waals surface area contributed by atoms with Crippen LogP contribution in [0.4, 0.5) is 5.95 Å². The maximum Gasteiger partial charge on any atom is 0.243 e. The van der Waals surface area contributed by atoms with Gasteiger partial charge in [-0.05, 0) is 48.7 Å². The van der Waals surface area contributed by atoms with Gasteiger partial charge in [-0.3, -0.25) is 4.98 Å². The van der Waals surface area contributed by atoms with E-state index in [1.165, 1.54) is 11.1 Å². The molecular formula is C14H15N5. The number of aromatic nitrogens is 4. The van der Waals surface area contributed by atoms with Gasteiger partial charge in [0.1, 0.15) is 0 Å². The van der Waals surface area contributed by atoms with Crippen LogP contribution in [0, 0.1) is 6.92 Å². The second-order valence-electron chi connectivity index (χ2n) is 4.47. The molecule has 0 radical (unpaired) electrons. The van der Waals surface area contributed by atoms with Crippen molar-refractivity contribution >= 4 is 11.6 Å². The van der Waals surface area contributed by atoms with Crippen LogP contribution >= 0.6 is 0 Å². The summed E-state index contributed by atoms with van der Waals surface area (Å²) in [6, 6.07) is 8.06. The van der Waals surface area contributed by atoms with Crippen LogP contribution in [0.5, 0.6) is 0 Å². The second-order valence-corrected chi connectivity index (χ2v) is 4.47. The molecule has 0 atom stereocenters. The first-order valence-electron chi connectivity index (χ1n) is 6.27. The highest BCUT2D eigenvalue weighted by molar-refractivity contribution is 5.45. The number of anilines is 1. The van der Waals surface area contributed by atoms with E-state index in [1.807, 2.05) is 37.4 Å². The van der Waals surface area contributed by atoms with E-state index >= 15 is 0 Å². The maximum atomic E-state index is 4.43. The Morgan fingerprint density at radius 1 is 1.21 bits per heavy atom. The first kappa shape index (κ1) is 11.6. The summed E-state index contributed by atoms with van der Waals surface area (Å²) >= 11 is 0. The lowest BCUT2D eigenvalue weighted by Gasteiger charge is -2.01. The summed E-state index contributed by atoms with van der Waals surface area (Å²) in [7, 11) is 0. The van der Waals surface area contributed by atoms with Crippen molar-refractivity contribution in [3.63, 3.8) is 0 Å². The second kappa shape index (κ2) is 5.06. The zero-order chi connectivity index (χ0) is 13.1. The van der Waals surface area contributed by atoms with Crippen molar-refractivity contribution in [1.82, 2.24) is 19.6 Å². The summed E-state index contributed by atoms with van der Waals surface area (Å²) < 4.78 is 1.78. The number of nitrogens with zero attached hydrogens (tertiary/aromatic N) is 4. The minimum atomic E-state index is 0.666. The molecular weight excluding hydrogens is 238 g/mol. The van der Waals surface area contributed by atoms with E-state index in [9.17, 15) is 0 Å². The van der Waals surface area contributed by atoms with Crippen LogP contribution in [0.25, 0.3) is 5.65 Å². The molecule has 0 aliphatic rings. The minimum absolute atomic E-state index is 0.666. The average Bonchev–Trinajstić information content (AvgIpc) is 2.82. The lowest BCUT2D eigenvalue weighted by atomic mass is 10.2. The highest BCUT2D eigenvalue weighted by Gasteiger charge is 2.02. The lowest BCUT2D eigenvalue weighted by Crippen LogP contribution is -2.06. The lowest BCUT2D eigenvalue weighted by molar-refractivity contribution is 0.934. The molecule has 0 saturated heterocycles. The van der Waals surface area contributed by atoms with E-state index in [4.69, 9.17) is 0 Å². The molecule has 0 aliphatic heterocycles. The van der Waals surface area contributed by atoms with Crippen molar-refractivity contribution < 1.29 is 0 Å². The van der Waals surface area contributed by atoms with Gasteiger partial charge in [-0.25, -0.2) is 4.52 Å². The van der Waals surface area contributed by atoms with Crippen LogP contribution in [-0.2, 0) is 6.42 Å². The van der Waals surface area contributed by atoms with Gasteiger partial charge in [0.15, 0.2) is 5.65 Å². The average molecular weight is 253 g/mol. The highest BCUT2D eigenvalue weighted by atomic mass is 15.3. The molecule has 0 aliphatic carbocycles. The number of aryl methyl sites for hydroxylation is 1. The molecule has 0 unspecified atom stereocenters. The van der Waals surface area contributed by atoms with Crippen molar-refractivity contribution in [2.75, 3.05) is 11.9 Å². The Kier molecular flexibility index (Phi) is 3.10. The Hall–Kier alpha value is -2.43. The first-order chi connectivity index (χ1) is 9.31.